The highest BCUT2D eigenvalue weighted by Gasteiger charge is 2.35. The van der Waals surface area contributed by atoms with Crippen LogP contribution in [0.4, 0.5) is 0 Å². The Labute approximate surface area is 143 Å². The molecule has 13 nitrogen and oxygen atoms in total. The van der Waals surface area contributed by atoms with Gasteiger partial charge in [0.25, 0.3) is 0 Å². The first-order chi connectivity index (χ1) is 11.7. The van der Waals surface area contributed by atoms with Gasteiger partial charge in [0.1, 0.15) is 0 Å². The number of hydroxylamine groups is 2. The van der Waals surface area contributed by atoms with Gasteiger partial charge in [0.15, 0.2) is 12.6 Å². The van der Waals surface area contributed by atoms with Crippen LogP contribution in [0.2, 0.25) is 0 Å². The smallest absolute Gasteiger partial charge is 0.338 e. The Morgan fingerprint density at radius 3 is 1.60 bits per heavy atom. The van der Waals surface area contributed by atoms with E-state index < -0.39 is 36.2 Å². The zero-order valence-electron chi connectivity index (χ0n) is 14.2. The lowest BCUT2D eigenvalue weighted by molar-refractivity contribution is -0.581. The van der Waals surface area contributed by atoms with E-state index >= 15 is 0 Å². The molecule has 0 amide bonds. The van der Waals surface area contributed by atoms with Gasteiger partial charge < -0.3 is 19.1 Å². The molecule has 0 aromatic rings. The Bertz CT molecular complexity index is 429. The predicted octanol–water partition coefficient (Wildman–Crippen LogP) is -1.76. The molecule has 25 heavy (non-hydrogen) atoms. The van der Waals surface area contributed by atoms with Crippen molar-refractivity contribution in [2.75, 3.05) is 13.1 Å². The number of rotatable bonds is 8. The van der Waals surface area contributed by atoms with Crippen LogP contribution in [0.3, 0.4) is 0 Å². The fraction of sp³-hybridized carbons (Fsp3) is 0.833. The summed E-state index contributed by atoms with van der Waals surface area (Å²) in [5.41, 5.74) is 4.79. The second kappa shape index (κ2) is 8.31. The van der Waals surface area contributed by atoms with Crippen LogP contribution in [0.25, 0.3) is 0 Å². The molecule has 4 N–H and O–H groups in total. The number of carbonyl (C=O) groups is 2. The number of hydrogen-bond acceptors (Lipinski definition) is 13. The Hall–Kier alpha value is -1.42. The van der Waals surface area contributed by atoms with Gasteiger partial charge in [-0.15, -0.1) is 11.0 Å². The van der Waals surface area contributed by atoms with E-state index in [1.54, 1.807) is 13.8 Å². The van der Waals surface area contributed by atoms with Gasteiger partial charge >= 0.3 is 11.9 Å². The average molecular weight is 366 g/mol. The van der Waals surface area contributed by atoms with Crippen LogP contribution in [-0.4, -0.2) is 49.3 Å². The summed E-state index contributed by atoms with van der Waals surface area (Å²) in [4.78, 5) is 41.0. The van der Waals surface area contributed by atoms with Crippen molar-refractivity contribution in [1.82, 2.24) is 21.6 Å². The van der Waals surface area contributed by atoms with E-state index in [4.69, 9.17) is 19.2 Å². The molecular formula is C12H22N4O9. The van der Waals surface area contributed by atoms with Crippen LogP contribution in [0.5, 0.6) is 0 Å². The van der Waals surface area contributed by atoms with E-state index in [9.17, 15) is 9.59 Å². The third-order valence-electron chi connectivity index (χ3n) is 3.01. The maximum atomic E-state index is 11.0. The molecule has 0 aromatic carbocycles. The predicted molar refractivity (Wildman–Crippen MR) is 75.6 cm³/mol. The lowest BCUT2D eigenvalue weighted by atomic mass is 10.4. The SMILES string of the molecule is CC(OOOC(C)OC1(C)NCC(=O)ON1)OC1(C)NCC(=O)ON1. The van der Waals surface area contributed by atoms with E-state index in [0.717, 1.165) is 0 Å². The summed E-state index contributed by atoms with van der Waals surface area (Å²) in [6, 6.07) is 0. The molecule has 2 aliphatic rings. The van der Waals surface area contributed by atoms with Crippen LogP contribution < -0.4 is 21.6 Å². The van der Waals surface area contributed by atoms with Crippen molar-refractivity contribution in [3.8, 4) is 0 Å². The highest BCUT2D eigenvalue weighted by molar-refractivity contribution is 5.72. The molecule has 0 spiro atoms. The first kappa shape index (κ1) is 19.9. The van der Waals surface area contributed by atoms with Gasteiger partial charge in [-0.3, -0.25) is 10.6 Å². The maximum absolute atomic E-state index is 11.0. The summed E-state index contributed by atoms with van der Waals surface area (Å²) in [6.07, 6.45) is -1.78. The van der Waals surface area contributed by atoms with Crippen LogP contribution in [0, 0.1) is 0 Å². The minimum absolute atomic E-state index is 0.0262. The first-order valence-corrected chi connectivity index (χ1v) is 7.48. The summed E-state index contributed by atoms with van der Waals surface area (Å²) in [5.74, 6) is -3.23. The molecule has 2 aliphatic heterocycles. The van der Waals surface area contributed by atoms with Gasteiger partial charge in [0.2, 0.25) is 11.7 Å². The quantitative estimate of drug-likeness (QED) is 0.219. The lowest BCUT2D eigenvalue weighted by Gasteiger charge is -2.36. The van der Waals surface area contributed by atoms with Crippen molar-refractivity contribution in [1.29, 1.82) is 0 Å². The second-order valence-corrected chi connectivity index (χ2v) is 5.56. The van der Waals surface area contributed by atoms with Crippen LogP contribution in [0.1, 0.15) is 27.7 Å². The summed E-state index contributed by atoms with van der Waals surface area (Å²) in [6.45, 7) is 6.20. The molecule has 144 valence electrons. The fourth-order valence-electron chi connectivity index (χ4n) is 1.90. The summed E-state index contributed by atoms with van der Waals surface area (Å²) < 4.78 is 10.9. The Morgan fingerprint density at radius 2 is 1.28 bits per heavy atom. The van der Waals surface area contributed by atoms with Gasteiger partial charge in [-0.2, -0.15) is 9.78 Å². The number of ether oxygens (including phenoxy) is 2. The van der Waals surface area contributed by atoms with E-state index in [0.29, 0.717) is 0 Å². The molecule has 2 rings (SSSR count). The Morgan fingerprint density at radius 1 is 0.880 bits per heavy atom. The van der Waals surface area contributed by atoms with Gasteiger partial charge in [-0.25, -0.2) is 9.59 Å². The molecule has 2 heterocycles. The molecule has 0 aliphatic carbocycles. The molecule has 2 saturated heterocycles. The summed E-state index contributed by atoms with van der Waals surface area (Å²) >= 11 is 0. The summed E-state index contributed by atoms with van der Waals surface area (Å²) in [7, 11) is 0. The lowest BCUT2D eigenvalue weighted by Crippen LogP contribution is -2.64. The molecule has 0 aromatic heterocycles. The third-order valence-corrected chi connectivity index (χ3v) is 3.01. The largest absolute Gasteiger partial charge is 0.365 e. The monoisotopic (exact) mass is 366 g/mol. The third kappa shape index (κ3) is 6.43. The van der Waals surface area contributed by atoms with E-state index in [1.165, 1.54) is 13.8 Å². The second-order valence-electron chi connectivity index (χ2n) is 5.56. The molecule has 4 unspecified atom stereocenters. The minimum atomic E-state index is -1.15. The topological polar surface area (TPSA) is 147 Å². The van der Waals surface area contributed by atoms with Gasteiger partial charge in [-0.1, -0.05) is 5.04 Å². The van der Waals surface area contributed by atoms with Gasteiger partial charge in [-0.05, 0) is 27.7 Å². The van der Waals surface area contributed by atoms with Gasteiger partial charge in [0, 0.05) is 0 Å². The van der Waals surface area contributed by atoms with Crippen molar-refractivity contribution in [3.63, 3.8) is 0 Å². The maximum Gasteiger partial charge on any atom is 0.338 e. The molecular weight excluding hydrogens is 344 g/mol. The minimum Gasteiger partial charge on any atom is -0.365 e. The number of carbonyl (C=O) groups excluding carboxylic acids is 2. The standard InChI is InChI=1S/C12H22N4O9/c1-7(19-11(3)13-5-9(17)21-15-11)23-25-24-8(2)20-12(4)14-6-10(18)22-16-12/h7-8,13-16H,5-6H2,1-4H3. The van der Waals surface area contributed by atoms with Crippen LogP contribution >= 0.6 is 0 Å². The van der Waals surface area contributed by atoms with E-state index in [2.05, 4.69) is 36.3 Å². The van der Waals surface area contributed by atoms with Crippen LogP contribution in [0.15, 0.2) is 0 Å². The molecule has 2 fully saturated rings. The number of hydrogen-bond donors (Lipinski definition) is 4. The van der Waals surface area contributed by atoms with Crippen LogP contribution in [-0.2, 0) is 43.6 Å². The average Bonchev–Trinajstić information content (AvgIpc) is 2.53. The number of nitrogens with one attached hydrogen (secondary N) is 4. The zero-order chi connectivity index (χ0) is 18.5. The highest BCUT2D eigenvalue weighted by atomic mass is 17.5. The van der Waals surface area contributed by atoms with Crippen molar-refractivity contribution >= 4 is 11.9 Å². The van der Waals surface area contributed by atoms with E-state index in [-0.39, 0.29) is 13.1 Å². The first-order valence-electron chi connectivity index (χ1n) is 7.48. The van der Waals surface area contributed by atoms with Crippen molar-refractivity contribution < 1.29 is 43.6 Å². The van der Waals surface area contributed by atoms with E-state index in [1.807, 2.05) is 0 Å². The Balaban J connectivity index is 1.64. The van der Waals surface area contributed by atoms with Crippen molar-refractivity contribution in [2.24, 2.45) is 0 Å². The summed E-state index contributed by atoms with van der Waals surface area (Å²) in [5, 5.41) is 10.1. The molecule has 0 saturated carbocycles. The fourth-order valence-corrected chi connectivity index (χ4v) is 1.90. The van der Waals surface area contributed by atoms with Gasteiger partial charge in [0.05, 0.1) is 13.1 Å². The van der Waals surface area contributed by atoms with Crippen molar-refractivity contribution in [2.45, 2.75) is 52.0 Å². The van der Waals surface area contributed by atoms with Crippen molar-refractivity contribution in [3.05, 3.63) is 0 Å². The molecule has 13 heteroatoms. The molecule has 0 radical (unpaired) electrons. The Kier molecular flexibility index (Phi) is 6.61. The normalized spacial score (nSPS) is 32.6. The molecule has 0 bridgehead atoms. The molecule has 4 atom stereocenters. The highest BCUT2D eigenvalue weighted by Crippen LogP contribution is 2.13. The zero-order valence-corrected chi connectivity index (χ0v) is 14.2.